The van der Waals surface area contributed by atoms with E-state index in [2.05, 4.69) is 16.5 Å². The minimum atomic E-state index is -0.296. The number of phenolic OH excluding ortho intramolecular Hbond substituents is 1. The Bertz CT molecular complexity index is 1440. The number of hydrogen-bond donors (Lipinski definition) is 3. The summed E-state index contributed by atoms with van der Waals surface area (Å²) in [6, 6.07) is 14.2. The minimum absolute atomic E-state index is 0.133. The third kappa shape index (κ3) is 4.34. The van der Waals surface area contributed by atoms with Crippen LogP contribution in [0.5, 0.6) is 5.75 Å². The maximum Gasteiger partial charge on any atom is 0.257 e. The van der Waals surface area contributed by atoms with E-state index in [1.807, 2.05) is 24.3 Å². The first kappa shape index (κ1) is 21.6. The van der Waals surface area contributed by atoms with Crippen LogP contribution in [0.2, 0.25) is 0 Å². The second-order valence-corrected chi connectivity index (χ2v) is 8.41. The number of carbonyl (C=O) groups excluding carboxylic acids is 1. The Hall–Kier alpha value is -4.20. The van der Waals surface area contributed by atoms with Crippen molar-refractivity contribution in [2.75, 3.05) is 12.3 Å². The van der Waals surface area contributed by atoms with Gasteiger partial charge in [0.05, 0.1) is 17.2 Å². The zero-order chi connectivity index (χ0) is 23.5. The molecule has 1 aliphatic rings. The molecule has 2 aromatic heterocycles. The van der Waals surface area contributed by atoms with Crippen molar-refractivity contribution >= 4 is 40.1 Å². The molecule has 0 fully saturated rings. The first-order valence-electron chi connectivity index (χ1n) is 11.5. The number of anilines is 1. The second-order valence-electron chi connectivity index (χ2n) is 8.41. The molecule has 0 aliphatic heterocycles. The highest BCUT2D eigenvalue weighted by Gasteiger charge is 2.24. The summed E-state index contributed by atoms with van der Waals surface area (Å²) in [6.07, 6.45) is 9.32. The molecular weight excluding hydrogens is 428 g/mol. The van der Waals surface area contributed by atoms with Crippen molar-refractivity contribution in [2.45, 2.75) is 32.1 Å². The molecule has 0 radical (unpaired) electrons. The van der Waals surface area contributed by atoms with Crippen molar-refractivity contribution in [1.29, 1.82) is 0 Å². The summed E-state index contributed by atoms with van der Waals surface area (Å²) in [6.45, 7) is 0.532. The standard InChI is InChI=1S/C26H26N6O2/c27-24-22(26(34)28-14-13-17-7-2-1-3-8-17)23-25(31-21-12-5-4-11-20(21)30-23)32(24)29-16-18-9-6-10-19(33)15-18/h4-7,9-12,15-16,33H,1-3,8,13-14,27H2,(H,28,34)/b29-16+. The van der Waals surface area contributed by atoms with Gasteiger partial charge in [0.15, 0.2) is 5.65 Å². The van der Waals surface area contributed by atoms with Crippen LogP contribution in [0.1, 0.15) is 48.0 Å². The zero-order valence-corrected chi connectivity index (χ0v) is 18.7. The monoisotopic (exact) mass is 454 g/mol. The van der Waals surface area contributed by atoms with E-state index in [1.54, 1.807) is 30.5 Å². The second kappa shape index (κ2) is 9.35. The maximum atomic E-state index is 13.2. The zero-order valence-electron chi connectivity index (χ0n) is 18.7. The number of aromatic hydroxyl groups is 1. The van der Waals surface area contributed by atoms with Crippen LogP contribution in [0.15, 0.2) is 65.3 Å². The molecule has 172 valence electrons. The number of nitrogens with one attached hydrogen (secondary N) is 1. The smallest absolute Gasteiger partial charge is 0.257 e. The molecule has 1 amide bonds. The predicted molar refractivity (Wildman–Crippen MR) is 134 cm³/mol. The molecule has 0 saturated carbocycles. The molecule has 0 unspecified atom stereocenters. The van der Waals surface area contributed by atoms with Crippen molar-refractivity contribution < 1.29 is 9.90 Å². The fourth-order valence-electron chi connectivity index (χ4n) is 4.27. The van der Waals surface area contributed by atoms with E-state index in [0.29, 0.717) is 34.3 Å². The Morgan fingerprint density at radius 1 is 1.15 bits per heavy atom. The molecule has 0 atom stereocenters. The SMILES string of the molecule is Nc1c(C(=O)NCCC2=CCCCC2)c2nc3ccccc3nc2n1/N=C/c1cccc(O)c1. The number of amides is 1. The van der Waals surface area contributed by atoms with Gasteiger partial charge in [-0.2, -0.15) is 9.78 Å². The van der Waals surface area contributed by atoms with E-state index in [-0.39, 0.29) is 23.0 Å². The van der Waals surface area contributed by atoms with Gasteiger partial charge in [0.1, 0.15) is 22.6 Å². The number of allylic oxidation sites excluding steroid dienone is 1. The lowest BCUT2D eigenvalue weighted by atomic mass is 9.97. The summed E-state index contributed by atoms with van der Waals surface area (Å²) in [4.78, 5) is 22.6. The molecule has 8 heteroatoms. The van der Waals surface area contributed by atoms with Crippen molar-refractivity contribution in [1.82, 2.24) is 20.0 Å². The number of nitrogen functional groups attached to an aromatic ring is 1. The summed E-state index contributed by atoms with van der Waals surface area (Å²) in [5.74, 6) is -0.000827. The van der Waals surface area contributed by atoms with E-state index in [4.69, 9.17) is 15.7 Å². The van der Waals surface area contributed by atoms with E-state index in [0.717, 1.165) is 19.3 Å². The Labute approximate surface area is 196 Å². The summed E-state index contributed by atoms with van der Waals surface area (Å²) in [7, 11) is 0. The van der Waals surface area contributed by atoms with Gasteiger partial charge in [0.2, 0.25) is 0 Å². The average Bonchev–Trinajstić information content (AvgIpc) is 3.12. The van der Waals surface area contributed by atoms with E-state index in [1.165, 1.54) is 23.1 Å². The molecule has 2 heterocycles. The molecule has 8 nitrogen and oxygen atoms in total. The predicted octanol–water partition coefficient (Wildman–Crippen LogP) is 4.37. The van der Waals surface area contributed by atoms with Gasteiger partial charge < -0.3 is 16.2 Å². The Kier molecular flexibility index (Phi) is 5.95. The number of para-hydroxylation sites is 2. The maximum absolute atomic E-state index is 13.2. The number of nitrogens with two attached hydrogens (primary N) is 1. The van der Waals surface area contributed by atoms with Crippen LogP contribution in [0.25, 0.3) is 22.2 Å². The lowest BCUT2D eigenvalue weighted by Gasteiger charge is -2.12. The number of rotatable bonds is 6. The molecule has 0 bridgehead atoms. The van der Waals surface area contributed by atoms with Crippen LogP contribution in [-0.4, -0.2) is 38.4 Å². The van der Waals surface area contributed by atoms with Gasteiger partial charge in [-0.05, 0) is 61.9 Å². The lowest BCUT2D eigenvalue weighted by Crippen LogP contribution is -2.25. The van der Waals surface area contributed by atoms with Crippen LogP contribution in [0, 0.1) is 0 Å². The molecule has 5 rings (SSSR count). The number of fused-ring (bicyclic) bond motifs is 2. The molecule has 4 aromatic rings. The third-order valence-corrected chi connectivity index (χ3v) is 6.01. The van der Waals surface area contributed by atoms with Gasteiger partial charge in [0.25, 0.3) is 5.91 Å². The Morgan fingerprint density at radius 3 is 2.74 bits per heavy atom. The summed E-state index contributed by atoms with van der Waals surface area (Å²) in [5, 5.41) is 17.2. The number of aromatic nitrogens is 3. The van der Waals surface area contributed by atoms with Crippen LogP contribution < -0.4 is 11.1 Å². The average molecular weight is 455 g/mol. The molecule has 0 spiro atoms. The van der Waals surface area contributed by atoms with Gasteiger partial charge in [-0.15, -0.1) is 0 Å². The lowest BCUT2D eigenvalue weighted by molar-refractivity contribution is 0.0956. The number of carbonyl (C=O) groups is 1. The Morgan fingerprint density at radius 2 is 1.97 bits per heavy atom. The molecule has 0 saturated heterocycles. The van der Waals surface area contributed by atoms with E-state index >= 15 is 0 Å². The summed E-state index contributed by atoms with van der Waals surface area (Å²) in [5.41, 5.74) is 10.9. The summed E-state index contributed by atoms with van der Waals surface area (Å²) >= 11 is 0. The van der Waals surface area contributed by atoms with Crippen molar-refractivity contribution in [3.8, 4) is 5.75 Å². The van der Waals surface area contributed by atoms with Crippen LogP contribution in [-0.2, 0) is 0 Å². The van der Waals surface area contributed by atoms with Crippen LogP contribution >= 0.6 is 0 Å². The Balaban J connectivity index is 1.52. The normalized spacial score (nSPS) is 14.1. The van der Waals surface area contributed by atoms with Crippen molar-refractivity contribution in [3.63, 3.8) is 0 Å². The minimum Gasteiger partial charge on any atom is -0.508 e. The third-order valence-electron chi connectivity index (χ3n) is 6.01. The molecule has 34 heavy (non-hydrogen) atoms. The highest BCUT2D eigenvalue weighted by molar-refractivity contribution is 6.10. The molecule has 2 aromatic carbocycles. The molecule has 4 N–H and O–H groups in total. The number of hydrogen-bond acceptors (Lipinski definition) is 6. The van der Waals surface area contributed by atoms with Crippen molar-refractivity contribution in [2.24, 2.45) is 5.10 Å². The van der Waals surface area contributed by atoms with E-state index < -0.39 is 0 Å². The topological polar surface area (TPSA) is 118 Å². The van der Waals surface area contributed by atoms with Crippen LogP contribution in [0.3, 0.4) is 0 Å². The fourth-order valence-corrected chi connectivity index (χ4v) is 4.27. The molecule has 1 aliphatic carbocycles. The number of benzene rings is 2. The quantitative estimate of drug-likeness (QED) is 0.295. The van der Waals surface area contributed by atoms with Crippen LogP contribution in [0.4, 0.5) is 5.82 Å². The van der Waals surface area contributed by atoms with Gasteiger partial charge in [-0.25, -0.2) is 9.97 Å². The highest BCUT2D eigenvalue weighted by atomic mass is 16.3. The largest absolute Gasteiger partial charge is 0.508 e. The number of phenols is 1. The number of nitrogens with zero attached hydrogens (tertiary/aromatic N) is 4. The highest BCUT2D eigenvalue weighted by Crippen LogP contribution is 2.28. The van der Waals surface area contributed by atoms with Gasteiger partial charge in [-0.3, -0.25) is 4.79 Å². The molecular formula is C26H26N6O2. The van der Waals surface area contributed by atoms with Crippen molar-refractivity contribution in [3.05, 3.63) is 71.3 Å². The van der Waals surface area contributed by atoms with Gasteiger partial charge >= 0.3 is 0 Å². The van der Waals surface area contributed by atoms with Gasteiger partial charge in [0, 0.05) is 6.54 Å². The first-order chi connectivity index (χ1) is 16.6. The first-order valence-corrected chi connectivity index (χ1v) is 11.5. The van der Waals surface area contributed by atoms with Gasteiger partial charge in [-0.1, -0.05) is 35.9 Å². The fraction of sp³-hybridized carbons (Fsp3) is 0.231. The van der Waals surface area contributed by atoms with E-state index in [9.17, 15) is 9.90 Å². The summed E-state index contributed by atoms with van der Waals surface area (Å²) < 4.78 is 1.43.